The first-order valence-corrected chi connectivity index (χ1v) is 6.99. The van der Waals surface area contributed by atoms with Gasteiger partial charge in [-0.05, 0) is 33.5 Å². The fraction of sp³-hybridized carbons (Fsp3) is 0.429. The van der Waals surface area contributed by atoms with Gasteiger partial charge < -0.3 is 10.4 Å². The van der Waals surface area contributed by atoms with E-state index < -0.39 is 6.10 Å². The molecule has 102 valence electrons. The van der Waals surface area contributed by atoms with E-state index in [0.717, 1.165) is 21.2 Å². The van der Waals surface area contributed by atoms with Crippen LogP contribution < -0.4 is 5.32 Å². The summed E-state index contributed by atoms with van der Waals surface area (Å²) in [6, 6.07) is 3.80. The molecular formula is C14H18BrN3O. The minimum absolute atomic E-state index is 0.147. The molecule has 0 fully saturated rings. The Labute approximate surface area is 121 Å². The molecule has 1 atom stereocenters. The summed E-state index contributed by atoms with van der Waals surface area (Å²) in [6.07, 6.45) is 3.06. The molecule has 0 saturated heterocycles. The second-order valence-electron chi connectivity index (χ2n) is 5.64. The Kier molecular flexibility index (Phi) is 4.06. The van der Waals surface area contributed by atoms with Crippen LogP contribution in [0.1, 0.15) is 20.8 Å². The highest BCUT2D eigenvalue weighted by Gasteiger charge is 2.21. The number of halogens is 1. The van der Waals surface area contributed by atoms with Crippen molar-refractivity contribution in [2.45, 2.75) is 26.9 Å². The van der Waals surface area contributed by atoms with Crippen LogP contribution in [0.5, 0.6) is 0 Å². The molecule has 0 amide bonds. The third-order valence-corrected chi connectivity index (χ3v) is 3.46. The van der Waals surface area contributed by atoms with Gasteiger partial charge in [0.25, 0.3) is 0 Å². The molecular weight excluding hydrogens is 306 g/mol. The average molecular weight is 324 g/mol. The maximum absolute atomic E-state index is 10.1. The second-order valence-corrected chi connectivity index (χ2v) is 6.56. The monoisotopic (exact) mass is 323 g/mol. The van der Waals surface area contributed by atoms with Gasteiger partial charge in [-0.2, -0.15) is 0 Å². The van der Waals surface area contributed by atoms with Gasteiger partial charge in [0, 0.05) is 23.4 Å². The number of anilines is 1. The number of hydrogen-bond donors (Lipinski definition) is 2. The van der Waals surface area contributed by atoms with E-state index in [0.29, 0.717) is 6.54 Å². The Morgan fingerprint density at radius 1 is 1.37 bits per heavy atom. The minimum Gasteiger partial charge on any atom is -0.391 e. The van der Waals surface area contributed by atoms with Gasteiger partial charge in [0.1, 0.15) is 5.52 Å². The highest BCUT2D eigenvalue weighted by molar-refractivity contribution is 9.10. The Morgan fingerprint density at radius 3 is 2.79 bits per heavy atom. The standard InChI is InChI=1S/C14H18BrN3O/c1-14(2,3)12(19)8-17-10-4-5-16-11-6-9(15)7-18-13(10)11/h4-7,12,19H,8H2,1-3H3,(H,16,17). The van der Waals surface area contributed by atoms with Crippen LogP contribution in [-0.4, -0.2) is 27.7 Å². The van der Waals surface area contributed by atoms with Gasteiger partial charge in [-0.1, -0.05) is 20.8 Å². The van der Waals surface area contributed by atoms with Crippen LogP contribution in [0.2, 0.25) is 0 Å². The first-order chi connectivity index (χ1) is 8.88. The molecule has 0 spiro atoms. The van der Waals surface area contributed by atoms with Gasteiger partial charge in [-0.25, -0.2) is 0 Å². The van der Waals surface area contributed by atoms with Gasteiger partial charge >= 0.3 is 0 Å². The fourth-order valence-electron chi connectivity index (χ4n) is 1.66. The van der Waals surface area contributed by atoms with Crippen LogP contribution in [0.25, 0.3) is 11.0 Å². The van der Waals surface area contributed by atoms with Gasteiger partial charge in [0.15, 0.2) is 0 Å². The zero-order valence-corrected chi connectivity index (χ0v) is 12.9. The number of aliphatic hydroxyl groups excluding tert-OH is 1. The van der Waals surface area contributed by atoms with Crippen LogP contribution in [0, 0.1) is 5.41 Å². The van der Waals surface area contributed by atoms with Gasteiger partial charge in [0.05, 0.1) is 17.3 Å². The molecule has 0 aliphatic heterocycles. The molecule has 2 aromatic heterocycles. The van der Waals surface area contributed by atoms with E-state index in [-0.39, 0.29) is 5.41 Å². The van der Waals surface area contributed by atoms with E-state index in [1.165, 1.54) is 0 Å². The molecule has 0 aromatic carbocycles. The summed E-state index contributed by atoms with van der Waals surface area (Å²) >= 11 is 3.38. The smallest absolute Gasteiger partial charge is 0.112 e. The van der Waals surface area contributed by atoms with Crippen molar-refractivity contribution in [1.29, 1.82) is 0 Å². The number of hydrogen-bond acceptors (Lipinski definition) is 4. The number of fused-ring (bicyclic) bond motifs is 1. The van der Waals surface area contributed by atoms with Crippen LogP contribution in [-0.2, 0) is 0 Å². The maximum Gasteiger partial charge on any atom is 0.112 e. The lowest BCUT2D eigenvalue weighted by atomic mass is 9.89. The molecule has 4 nitrogen and oxygen atoms in total. The summed E-state index contributed by atoms with van der Waals surface area (Å²) in [4.78, 5) is 8.65. The third-order valence-electron chi connectivity index (χ3n) is 3.03. The van der Waals surface area contributed by atoms with Crippen molar-refractivity contribution in [3.63, 3.8) is 0 Å². The Hall–Kier alpha value is -1.20. The van der Waals surface area contributed by atoms with Gasteiger partial charge in [-0.3, -0.25) is 9.97 Å². The summed E-state index contributed by atoms with van der Waals surface area (Å²) in [5.41, 5.74) is 2.38. The van der Waals surface area contributed by atoms with Gasteiger partial charge in [0.2, 0.25) is 0 Å². The Bertz CT molecular complexity index is 580. The molecule has 0 aliphatic rings. The molecule has 0 radical (unpaired) electrons. The highest BCUT2D eigenvalue weighted by atomic mass is 79.9. The van der Waals surface area contributed by atoms with Crippen LogP contribution >= 0.6 is 15.9 Å². The second kappa shape index (κ2) is 5.43. The molecule has 0 bridgehead atoms. The van der Waals surface area contributed by atoms with E-state index in [1.54, 1.807) is 12.4 Å². The summed E-state index contributed by atoms with van der Waals surface area (Å²) in [6.45, 7) is 6.53. The maximum atomic E-state index is 10.1. The minimum atomic E-state index is -0.425. The summed E-state index contributed by atoms with van der Waals surface area (Å²) in [5.74, 6) is 0. The van der Waals surface area contributed by atoms with Crippen molar-refractivity contribution in [1.82, 2.24) is 9.97 Å². The first-order valence-electron chi connectivity index (χ1n) is 6.20. The molecule has 0 aliphatic carbocycles. The lowest BCUT2D eigenvalue weighted by Crippen LogP contribution is -2.32. The van der Waals surface area contributed by atoms with Crippen LogP contribution in [0.3, 0.4) is 0 Å². The number of aromatic nitrogens is 2. The molecule has 5 heteroatoms. The molecule has 1 unspecified atom stereocenters. The zero-order valence-electron chi connectivity index (χ0n) is 11.3. The number of nitrogens with zero attached hydrogens (tertiary/aromatic N) is 2. The van der Waals surface area contributed by atoms with Crippen LogP contribution in [0.15, 0.2) is 29.0 Å². The van der Waals surface area contributed by atoms with Crippen molar-refractivity contribution in [3.05, 3.63) is 29.0 Å². The lowest BCUT2D eigenvalue weighted by Gasteiger charge is -2.26. The summed E-state index contributed by atoms with van der Waals surface area (Å²) < 4.78 is 0.902. The molecule has 2 N–H and O–H groups in total. The molecule has 2 heterocycles. The number of rotatable bonds is 3. The van der Waals surface area contributed by atoms with Crippen molar-refractivity contribution >= 4 is 32.7 Å². The number of pyridine rings is 2. The van der Waals surface area contributed by atoms with Crippen molar-refractivity contribution in [2.75, 3.05) is 11.9 Å². The summed E-state index contributed by atoms with van der Waals surface area (Å²) in [7, 11) is 0. The van der Waals surface area contributed by atoms with E-state index >= 15 is 0 Å². The number of nitrogens with one attached hydrogen (secondary N) is 1. The first kappa shape index (κ1) is 14.2. The highest BCUT2D eigenvalue weighted by Crippen LogP contribution is 2.24. The lowest BCUT2D eigenvalue weighted by molar-refractivity contribution is 0.0746. The summed E-state index contributed by atoms with van der Waals surface area (Å²) in [5, 5.41) is 13.3. The molecule has 2 aromatic rings. The Balaban J connectivity index is 2.22. The zero-order chi connectivity index (χ0) is 14.0. The quantitative estimate of drug-likeness (QED) is 0.910. The van der Waals surface area contributed by atoms with E-state index in [9.17, 15) is 5.11 Å². The predicted molar refractivity (Wildman–Crippen MR) is 81.2 cm³/mol. The van der Waals surface area contributed by atoms with E-state index in [2.05, 4.69) is 31.2 Å². The van der Waals surface area contributed by atoms with Gasteiger partial charge in [-0.15, -0.1) is 0 Å². The van der Waals surface area contributed by atoms with Crippen LogP contribution in [0.4, 0.5) is 5.69 Å². The molecule has 2 rings (SSSR count). The Morgan fingerprint density at radius 2 is 2.11 bits per heavy atom. The molecule has 19 heavy (non-hydrogen) atoms. The average Bonchev–Trinajstić information content (AvgIpc) is 2.34. The number of aliphatic hydroxyl groups is 1. The predicted octanol–water partition coefficient (Wildman–Crippen LogP) is 3.21. The van der Waals surface area contributed by atoms with E-state index in [1.807, 2.05) is 32.9 Å². The largest absolute Gasteiger partial charge is 0.391 e. The topological polar surface area (TPSA) is 58.0 Å². The fourth-order valence-corrected chi connectivity index (χ4v) is 1.98. The normalized spacial score (nSPS) is 13.5. The van der Waals surface area contributed by atoms with Crippen molar-refractivity contribution < 1.29 is 5.11 Å². The molecule has 0 saturated carbocycles. The van der Waals surface area contributed by atoms with Crippen molar-refractivity contribution in [3.8, 4) is 0 Å². The third kappa shape index (κ3) is 3.42. The SMILES string of the molecule is CC(C)(C)C(O)CNc1ccnc2cc(Br)cnc12. The van der Waals surface area contributed by atoms with Crippen molar-refractivity contribution in [2.24, 2.45) is 5.41 Å². The van der Waals surface area contributed by atoms with E-state index in [4.69, 9.17) is 0 Å².